The van der Waals surface area contributed by atoms with E-state index in [0.717, 1.165) is 38.2 Å². The molecule has 39 heavy (non-hydrogen) atoms. The fourth-order valence-corrected chi connectivity index (χ4v) is 5.56. The highest BCUT2D eigenvalue weighted by Gasteiger charge is 2.19. The maximum Gasteiger partial charge on any atom is 0.335 e. The minimum Gasteiger partial charge on any atom is -0.478 e. The molecule has 0 aliphatic rings. The molecular formula is C32H22ClNO4S. The molecule has 0 aliphatic heterocycles. The molecule has 192 valence electrons. The van der Waals surface area contributed by atoms with Crippen LogP contribution in [0.1, 0.15) is 48.4 Å². The van der Waals surface area contributed by atoms with Crippen LogP contribution in [0.15, 0.2) is 108 Å². The number of carbonyl (C=O) groups is 2. The summed E-state index contributed by atoms with van der Waals surface area (Å²) in [6, 6.07) is 31.1. The van der Waals surface area contributed by atoms with Crippen molar-refractivity contribution in [2.45, 2.75) is 10.1 Å². The van der Waals surface area contributed by atoms with E-state index in [0.29, 0.717) is 5.02 Å². The largest absolute Gasteiger partial charge is 0.478 e. The molecule has 0 saturated heterocycles. The van der Waals surface area contributed by atoms with E-state index < -0.39 is 11.9 Å². The maximum absolute atomic E-state index is 11.7. The first-order valence-corrected chi connectivity index (χ1v) is 13.3. The number of rotatable bonds is 8. The van der Waals surface area contributed by atoms with Crippen molar-refractivity contribution >= 4 is 58.4 Å². The van der Waals surface area contributed by atoms with Crippen LogP contribution in [-0.2, 0) is 0 Å². The smallest absolute Gasteiger partial charge is 0.335 e. The van der Waals surface area contributed by atoms with Crippen LogP contribution in [0.2, 0.25) is 5.02 Å². The molecule has 5 aromatic rings. The topological polar surface area (TPSA) is 87.5 Å². The van der Waals surface area contributed by atoms with Gasteiger partial charge >= 0.3 is 11.9 Å². The first-order chi connectivity index (χ1) is 18.9. The summed E-state index contributed by atoms with van der Waals surface area (Å²) in [6.07, 6.45) is 3.91. The highest BCUT2D eigenvalue weighted by atomic mass is 35.5. The first kappa shape index (κ1) is 26.2. The van der Waals surface area contributed by atoms with Crippen molar-refractivity contribution in [1.29, 1.82) is 0 Å². The quantitative estimate of drug-likeness (QED) is 0.188. The molecular weight excluding hydrogens is 530 g/mol. The Morgan fingerprint density at radius 3 is 2.18 bits per heavy atom. The zero-order valence-electron chi connectivity index (χ0n) is 20.5. The predicted molar refractivity (Wildman–Crippen MR) is 157 cm³/mol. The Hall–Kier alpha value is -4.39. The number of carboxylic acid groups (broad SMARTS) is 2. The van der Waals surface area contributed by atoms with Crippen molar-refractivity contribution in [3.8, 4) is 0 Å². The third kappa shape index (κ3) is 6.37. The number of benzene rings is 4. The molecule has 5 nitrogen and oxygen atoms in total. The summed E-state index contributed by atoms with van der Waals surface area (Å²) in [5.41, 5.74) is 4.69. The third-order valence-electron chi connectivity index (χ3n) is 6.11. The van der Waals surface area contributed by atoms with Gasteiger partial charge in [0.25, 0.3) is 0 Å². The van der Waals surface area contributed by atoms with E-state index in [1.54, 1.807) is 36.4 Å². The number of pyridine rings is 1. The standard InChI is InChI=1S/C32H22ClNO4S/c33-26-13-11-21-12-15-27(34-29(21)19-26)14-10-20-4-1-5-22(16-20)30(23-6-2-7-24(17-23)31(35)36)39-28-9-3-8-25(18-28)32(37)38/h1-19,30H,(H,35,36)(H,37,38). The molecule has 2 N–H and O–H groups in total. The van der Waals surface area contributed by atoms with Gasteiger partial charge in [-0.25, -0.2) is 14.6 Å². The Bertz CT molecular complexity index is 1730. The van der Waals surface area contributed by atoms with Crippen molar-refractivity contribution < 1.29 is 19.8 Å². The SMILES string of the molecule is O=C(O)c1cccc(SC(c2cccc(C=Cc3ccc4ccc(Cl)cc4n3)c2)c2cccc(C(=O)O)c2)c1. The number of hydrogen-bond donors (Lipinski definition) is 2. The molecule has 0 fully saturated rings. The van der Waals surface area contributed by atoms with E-state index in [-0.39, 0.29) is 16.4 Å². The van der Waals surface area contributed by atoms with Gasteiger partial charge in [0.2, 0.25) is 0 Å². The monoisotopic (exact) mass is 551 g/mol. The minimum absolute atomic E-state index is 0.191. The predicted octanol–water partition coefficient (Wildman–Crippen LogP) is 8.34. The highest BCUT2D eigenvalue weighted by molar-refractivity contribution is 7.99. The molecule has 0 radical (unpaired) electrons. The Morgan fingerprint density at radius 1 is 0.744 bits per heavy atom. The van der Waals surface area contributed by atoms with E-state index in [2.05, 4.69) is 4.98 Å². The Kier molecular flexibility index (Phi) is 7.77. The molecule has 1 heterocycles. The molecule has 0 saturated carbocycles. The average molecular weight is 552 g/mol. The van der Waals surface area contributed by atoms with Gasteiger partial charge < -0.3 is 10.2 Å². The first-order valence-electron chi connectivity index (χ1n) is 12.0. The molecule has 0 spiro atoms. The molecule has 0 bridgehead atoms. The zero-order valence-corrected chi connectivity index (χ0v) is 22.1. The number of hydrogen-bond acceptors (Lipinski definition) is 4. The molecule has 1 aromatic heterocycles. The maximum atomic E-state index is 11.7. The van der Waals surface area contributed by atoms with Gasteiger partial charge in [0, 0.05) is 15.3 Å². The van der Waals surface area contributed by atoms with Gasteiger partial charge in [-0.05, 0) is 71.3 Å². The normalized spacial score (nSPS) is 12.0. The van der Waals surface area contributed by atoms with Gasteiger partial charge in [0.15, 0.2) is 0 Å². The lowest BCUT2D eigenvalue weighted by Gasteiger charge is -2.19. The van der Waals surface area contributed by atoms with Gasteiger partial charge in [0.1, 0.15) is 0 Å². The summed E-state index contributed by atoms with van der Waals surface area (Å²) in [4.78, 5) is 28.6. The van der Waals surface area contributed by atoms with Crippen LogP contribution in [0.4, 0.5) is 0 Å². The summed E-state index contributed by atoms with van der Waals surface area (Å²) in [5, 5.41) is 20.4. The summed E-state index contributed by atoms with van der Waals surface area (Å²) in [7, 11) is 0. The number of halogens is 1. The van der Waals surface area contributed by atoms with Gasteiger partial charge in [-0.3, -0.25) is 0 Å². The number of thioether (sulfide) groups is 1. The van der Waals surface area contributed by atoms with Crippen molar-refractivity contribution in [3.63, 3.8) is 0 Å². The molecule has 4 aromatic carbocycles. The third-order valence-corrected chi connectivity index (χ3v) is 7.65. The second-order valence-electron chi connectivity index (χ2n) is 8.84. The van der Waals surface area contributed by atoms with Gasteiger partial charge in [0.05, 0.1) is 27.6 Å². The summed E-state index contributed by atoms with van der Waals surface area (Å²) >= 11 is 7.60. The van der Waals surface area contributed by atoms with Crippen molar-refractivity contribution in [1.82, 2.24) is 4.98 Å². The van der Waals surface area contributed by atoms with Crippen LogP contribution in [0.5, 0.6) is 0 Å². The average Bonchev–Trinajstić information content (AvgIpc) is 2.95. The lowest BCUT2D eigenvalue weighted by atomic mass is 10.00. The van der Waals surface area contributed by atoms with Crippen molar-refractivity contribution in [3.05, 3.63) is 142 Å². The zero-order chi connectivity index (χ0) is 27.4. The van der Waals surface area contributed by atoms with E-state index in [9.17, 15) is 19.8 Å². The summed E-state index contributed by atoms with van der Waals surface area (Å²) in [6.45, 7) is 0. The Morgan fingerprint density at radius 2 is 1.41 bits per heavy atom. The number of aromatic carboxylic acids is 2. The number of nitrogens with zero attached hydrogens (tertiary/aromatic N) is 1. The second kappa shape index (κ2) is 11.6. The van der Waals surface area contributed by atoms with Gasteiger partial charge in [-0.1, -0.05) is 72.3 Å². The van der Waals surface area contributed by atoms with Crippen molar-refractivity contribution in [2.24, 2.45) is 0 Å². The van der Waals surface area contributed by atoms with Crippen LogP contribution in [0.25, 0.3) is 23.1 Å². The molecule has 5 rings (SSSR count). The number of aromatic nitrogens is 1. The van der Waals surface area contributed by atoms with Crippen LogP contribution >= 0.6 is 23.4 Å². The van der Waals surface area contributed by atoms with E-state index in [1.807, 2.05) is 78.9 Å². The fraction of sp³-hybridized carbons (Fsp3) is 0.0312. The van der Waals surface area contributed by atoms with E-state index >= 15 is 0 Å². The molecule has 0 amide bonds. The molecule has 1 unspecified atom stereocenters. The summed E-state index contributed by atoms with van der Waals surface area (Å²) < 4.78 is 0. The highest BCUT2D eigenvalue weighted by Crippen LogP contribution is 2.41. The van der Waals surface area contributed by atoms with Crippen LogP contribution < -0.4 is 0 Å². The van der Waals surface area contributed by atoms with Crippen LogP contribution in [-0.4, -0.2) is 27.1 Å². The van der Waals surface area contributed by atoms with Crippen LogP contribution in [0, 0.1) is 0 Å². The Balaban J connectivity index is 1.50. The lowest BCUT2D eigenvalue weighted by Crippen LogP contribution is -2.02. The molecule has 0 aliphatic carbocycles. The minimum atomic E-state index is -1.01. The number of fused-ring (bicyclic) bond motifs is 1. The fourth-order valence-electron chi connectivity index (χ4n) is 4.21. The second-order valence-corrected chi connectivity index (χ2v) is 10.5. The van der Waals surface area contributed by atoms with Gasteiger partial charge in [-0.2, -0.15) is 0 Å². The molecule has 7 heteroatoms. The number of carboxylic acids is 2. The molecule has 1 atom stereocenters. The van der Waals surface area contributed by atoms with E-state index in [1.165, 1.54) is 11.8 Å². The summed E-state index contributed by atoms with van der Waals surface area (Å²) in [5.74, 6) is -2.01. The van der Waals surface area contributed by atoms with Crippen LogP contribution in [0.3, 0.4) is 0 Å². The lowest BCUT2D eigenvalue weighted by molar-refractivity contribution is 0.0686. The van der Waals surface area contributed by atoms with Gasteiger partial charge in [-0.15, -0.1) is 11.8 Å². The Labute approximate surface area is 234 Å². The van der Waals surface area contributed by atoms with Crippen molar-refractivity contribution in [2.75, 3.05) is 0 Å². The van der Waals surface area contributed by atoms with E-state index in [4.69, 9.17) is 11.6 Å².